The molecular weight excluding hydrogens is 629 g/mol. The summed E-state index contributed by atoms with van der Waals surface area (Å²) in [6, 6.07) is 55.3. The monoisotopic (exact) mass is 672 g/mol. The van der Waals surface area contributed by atoms with E-state index < -0.39 is 0 Å². The van der Waals surface area contributed by atoms with Crippen LogP contribution in [0.25, 0.3) is 76.5 Å². The van der Waals surface area contributed by atoms with E-state index in [1.165, 1.54) is 126 Å². The first kappa shape index (κ1) is 31.2. The standard InChI is InChI=1S/C50H44N2/c1-9-28-51(29-10-1)39-25-27-46-47(33-39)49(38-23-22-35-14-3-4-16-37(35)32-38)45-26-24-40(52-30-11-2-12-31-52)34-48(45)50(46)44-20-8-7-19-43(44)42-21-13-17-36-15-5-6-18-41(36)42/h3-8,13-27,32-34H,1-2,9-12,28-31H2. The molecular formula is C50H44N2. The summed E-state index contributed by atoms with van der Waals surface area (Å²) in [6.45, 7) is 4.50. The van der Waals surface area contributed by atoms with Gasteiger partial charge in [-0.2, -0.15) is 0 Å². The summed E-state index contributed by atoms with van der Waals surface area (Å²) in [5.41, 5.74) is 10.5. The summed E-state index contributed by atoms with van der Waals surface area (Å²) >= 11 is 0. The van der Waals surface area contributed by atoms with Crippen LogP contribution in [-0.2, 0) is 0 Å². The SMILES string of the molecule is c1ccc(-c2c3ccc(N4CCCCC4)cc3c(-c3ccc4ccccc4c3)c3ccc(N4CCCCC4)cc23)c(-c2cccc3ccccc23)c1. The van der Waals surface area contributed by atoms with E-state index in [1.807, 2.05) is 0 Å². The lowest BCUT2D eigenvalue weighted by atomic mass is 9.82. The van der Waals surface area contributed by atoms with Crippen LogP contribution in [0.15, 0.2) is 146 Å². The van der Waals surface area contributed by atoms with E-state index in [0.717, 1.165) is 26.2 Å². The average Bonchev–Trinajstić information content (AvgIpc) is 3.22. The lowest BCUT2D eigenvalue weighted by Gasteiger charge is -2.31. The molecule has 254 valence electrons. The highest BCUT2D eigenvalue weighted by molar-refractivity contribution is 6.24. The van der Waals surface area contributed by atoms with Crippen molar-refractivity contribution in [3.63, 3.8) is 0 Å². The van der Waals surface area contributed by atoms with E-state index in [9.17, 15) is 0 Å². The summed E-state index contributed by atoms with van der Waals surface area (Å²) in [4.78, 5) is 5.23. The van der Waals surface area contributed by atoms with Crippen molar-refractivity contribution in [2.24, 2.45) is 0 Å². The summed E-state index contributed by atoms with van der Waals surface area (Å²) < 4.78 is 0. The zero-order chi connectivity index (χ0) is 34.4. The molecule has 0 spiro atoms. The second kappa shape index (κ2) is 13.2. The number of rotatable bonds is 5. The van der Waals surface area contributed by atoms with E-state index in [4.69, 9.17) is 0 Å². The zero-order valence-electron chi connectivity index (χ0n) is 29.8. The number of anilines is 2. The molecule has 0 saturated carbocycles. The molecule has 8 aromatic carbocycles. The van der Waals surface area contributed by atoms with E-state index in [1.54, 1.807) is 0 Å². The van der Waals surface area contributed by atoms with Gasteiger partial charge in [0.25, 0.3) is 0 Å². The van der Waals surface area contributed by atoms with Gasteiger partial charge in [0.2, 0.25) is 0 Å². The van der Waals surface area contributed by atoms with Gasteiger partial charge in [0.15, 0.2) is 0 Å². The fourth-order valence-electron chi connectivity index (χ4n) is 9.24. The Kier molecular flexibility index (Phi) is 7.90. The highest BCUT2D eigenvalue weighted by Crippen LogP contribution is 2.49. The molecule has 52 heavy (non-hydrogen) atoms. The van der Waals surface area contributed by atoms with Crippen molar-refractivity contribution in [2.75, 3.05) is 36.0 Å². The van der Waals surface area contributed by atoms with Gasteiger partial charge in [-0.05, 0) is 145 Å². The smallest absolute Gasteiger partial charge is 0.0372 e. The predicted molar refractivity (Wildman–Crippen MR) is 225 cm³/mol. The minimum Gasteiger partial charge on any atom is -0.372 e. The Labute approximate surface area is 306 Å². The van der Waals surface area contributed by atoms with Crippen LogP contribution in [-0.4, -0.2) is 26.2 Å². The summed E-state index contributed by atoms with van der Waals surface area (Å²) in [6.07, 6.45) is 7.68. The lowest BCUT2D eigenvalue weighted by molar-refractivity contribution is 0.578. The Morgan fingerprint density at radius 3 is 1.56 bits per heavy atom. The van der Waals surface area contributed by atoms with Gasteiger partial charge < -0.3 is 9.80 Å². The van der Waals surface area contributed by atoms with Crippen molar-refractivity contribution in [2.45, 2.75) is 38.5 Å². The molecule has 2 fully saturated rings. The molecule has 0 atom stereocenters. The van der Waals surface area contributed by atoms with Crippen LogP contribution in [0.5, 0.6) is 0 Å². The Hall–Kier alpha value is -5.60. The van der Waals surface area contributed by atoms with Crippen LogP contribution in [0.1, 0.15) is 38.5 Å². The Morgan fingerprint density at radius 2 is 0.846 bits per heavy atom. The fourth-order valence-corrected chi connectivity index (χ4v) is 9.24. The number of benzene rings is 8. The fraction of sp³-hybridized carbons (Fsp3) is 0.200. The normalized spacial score (nSPS) is 15.2. The number of fused-ring (bicyclic) bond motifs is 4. The minimum absolute atomic E-state index is 1.12. The molecule has 0 amide bonds. The maximum absolute atomic E-state index is 2.61. The van der Waals surface area contributed by atoms with Gasteiger partial charge in [-0.15, -0.1) is 0 Å². The molecule has 0 bridgehead atoms. The van der Waals surface area contributed by atoms with Crippen LogP contribution < -0.4 is 9.80 Å². The van der Waals surface area contributed by atoms with Crippen LogP contribution in [0.4, 0.5) is 11.4 Å². The maximum atomic E-state index is 2.61. The molecule has 2 heterocycles. The van der Waals surface area contributed by atoms with Crippen molar-refractivity contribution in [3.05, 3.63) is 146 Å². The van der Waals surface area contributed by atoms with Gasteiger partial charge in [0, 0.05) is 37.6 Å². The van der Waals surface area contributed by atoms with Crippen molar-refractivity contribution in [1.29, 1.82) is 0 Å². The topological polar surface area (TPSA) is 6.48 Å². The number of hydrogen-bond acceptors (Lipinski definition) is 2. The molecule has 2 saturated heterocycles. The molecule has 0 aliphatic carbocycles. The molecule has 2 aliphatic rings. The van der Waals surface area contributed by atoms with Gasteiger partial charge in [-0.1, -0.05) is 115 Å². The molecule has 8 aromatic rings. The molecule has 2 aliphatic heterocycles. The first-order valence-corrected chi connectivity index (χ1v) is 19.4. The minimum atomic E-state index is 1.12. The molecule has 10 rings (SSSR count). The van der Waals surface area contributed by atoms with E-state index in [2.05, 4.69) is 155 Å². The van der Waals surface area contributed by atoms with E-state index >= 15 is 0 Å². The van der Waals surface area contributed by atoms with Gasteiger partial charge in [0.05, 0.1) is 0 Å². The van der Waals surface area contributed by atoms with Gasteiger partial charge in [-0.3, -0.25) is 0 Å². The van der Waals surface area contributed by atoms with Crippen molar-refractivity contribution >= 4 is 54.5 Å². The van der Waals surface area contributed by atoms with Crippen LogP contribution in [0.3, 0.4) is 0 Å². The third kappa shape index (κ3) is 5.40. The van der Waals surface area contributed by atoms with Crippen molar-refractivity contribution in [1.82, 2.24) is 0 Å². The van der Waals surface area contributed by atoms with Crippen LogP contribution >= 0.6 is 0 Å². The predicted octanol–water partition coefficient (Wildman–Crippen LogP) is 13.3. The number of nitrogens with zero attached hydrogens (tertiary/aromatic N) is 2. The molecule has 0 aromatic heterocycles. The van der Waals surface area contributed by atoms with Gasteiger partial charge >= 0.3 is 0 Å². The average molecular weight is 673 g/mol. The third-order valence-corrected chi connectivity index (χ3v) is 11.8. The Morgan fingerprint density at radius 1 is 0.308 bits per heavy atom. The first-order valence-electron chi connectivity index (χ1n) is 19.4. The molecule has 0 N–H and O–H groups in total. The summed E-state index contributed by atoms with van der Waals surface area (Å²) in [5, 5.41) is 10.4. The molecule has 0 unspecified atom stereocenters. The van der Waals surface area contributed by atoms with E-state index in [0.29, 0.717) is 0 Å². The number of hydrogen-bond donors (Lipinski definition) is 0. The highest BCUT2D eigenvalue weighted by atomic mass is 15.1. The maximum Gasteiger partial charge on any atom is 0.0372 e. The Bertz CT molecular complexity index is 2600. The van der Waals surface area contributed by atoms with Crippen LogP contribution in [0.2, 0.25) is 0 Å². The van der Waals surface area contributed by atoms with E-state index in [-0.39, 0.29) is 0 Å². The Balaban J connectivity index is 1.32. The number of piperidine rings is 2. The third-order valence-electron chi connectivity index (χ3n) is 11.8. The van der Waals surface area contributed by atoms with Crippen molar-refractivity contribution in [3.8, 4) is 33.4 Å². The van der Waals surface area contributed by atoms with Crippen LogP contribution in [0, 0.1) is 0 Å². The highest BCUT2D eigenvalue weighted by Gasteiger charge is 2.23. The zero-order valence-corrected chi connectivity index (χ0v) is 29.8. The summed E-state index contributed by atoms with van der Waals surface area (Å²) in [5.74, 6) is 0. The molecule has 2 nitrogen and oxygen atoms in total. The quantitative estimate of drug-likeness (QED) is 0.168. The molecule has 0 radical (unpaired) electrons. The van der Waals surface area contributed by atoms with Crippen molar-refractivity contribution < 1.29 is 0 Å². The molecule has 2 heteroatoms. The first-order chi connectivity index (χ1) is 25.8. The summed E-state index contributed by atoms with van der Waals surface area (Å²) in [7, 11) is 0. The van der Waals surface area contributed by atoms with Gasteiger partial charge in [-0.25, -0.2) is 0 Å². The van der Waals surface area contributed by atoms with Gasteiger partial charge in [0.1, 0.15) is 0 Å². The second-order valence-corrected chi connectivity index (χ2v) is 14.9. The second-order valence-electron chi connectivity index (χ2n) is 14.9. The lowest BCUT2D eigenvalue weighted by Crippen LogP contribution is -2.29. The largest absolute Gasteiger partial charge is 0.372 e.